The van der Waals surface area contributed by atoms with E-state index in [0.29, 0.717) is 12.1 Å². The number of pyridine rings is 1. The van der Waals surface area contributed by atoms with E-state index in [1.54, 1.807) is 24.5 Å². The van der Waals surface area contributed by atoms with E-state index in [4.69, 9.17) is 0 Å². The minimum absolute atomic E-state index is 0.118. The number of benzene rings is 2. The van der Waals surface area contributed by atoms with Gasteiger partial charge in [-0.05, 0) is 53.5 Å². The van der Waals surface area contributed by atoms with Gasteiger partial charge in [0.1, 0.15) is 6.04 Å². The van der Waals surface area contributed by atoms with Crippen LogP contribution in [0.4, 0.5) is 5.69 Å². The molecule has 1 radical (unpaired) electrons. The van der Waals surface area contributed by atoms with E-state index in [9.17, 15) is 9.59 Å². The summed E-state index contributed by atoms with van der Waals surface area (Å²) in [6, 6.07) is 21.5. The number of hydrogen-bond acceptors (Lipinski definition) is 3. The first-order valence-corrected chi connectivity index (χ1v) is 11.3. The molecular weight excluding hydrogens is 410 g/mol. The third-order valence-corrected chi connectivity index (χ3v) is 5.39. The lowest BCUT2D eigenvalue weighted by Gasteiger charge is -2.30. The van der Waals surface area contributed by atoms with Crippen LogP contribution >= 0.6 is 0 Å². The van der Waals surface area contributed by atoms with E-state index < -0.39 is 11.5 Å². The lowest BCUT2D eigenvalue weighted by atomic mass is 9.86. The maximum atomic E-state index is 12.8. The zero-order valence-electron chi connectivity index (χ0n) is 19.5. The van der Waals surface area contributed by atoms with E-state index >= 15 is 0 Å². The highest BCUT2D eigenvalue weighted by Gasteiger charge is 2.32. The van der Waals surface area contributed by atoms with Gasteiger partial charge in [0.05, 0.1) is 0 Å². The molecule has 0 saturated heterocycles. The number of aromatic nitrogens is 1. The van der Waals surface area contributed by atoms with Crippen LogP contribution in [-0.4, -0.2) is 22.8 Å². The molecule has 0 bridgehead atoms. The van der Waals surface area contributed by atoms with Gasteiger partial charge in [-0.2, -0.15) is 0 Å². The van der Waals surface area contributed by atoms with Gasteiger partial charge in [0.25, 0.3) is 0 Å². The van der Waals surface area contributed by atoms with Crippen molar-refractivity contribution in [2.24, 2.45) is 5.41 Å². The predicted octanol–water partition coefficient (Wildman–Crippen LogP) is 5.64. The Kier molecular flexibility index (Phi) is 8.36. The average Bonchev–Trinajstić information content (AvgIpc) is 2.81. The van der Waals surface area contributed by atoms with Crippen LogP contribution in [0.2, 0.25) is 0 Å². The van der Waals surface area contributed by atoms with Crippen LogP contribution in [0.5, 0.6) is 0 Å². The van der Waals surface area contributed by atoms with Crippen LogP contribution in [0, 0.1) is 11.8 Å². The molecule has 0 spiro atoms. The third kappa shape index (κ3) is 7.56. The van der Waals surface area contributed by atoms with Crippen LogP contribution in [0.1, 0.15) is 45.6 Å². The largest absolute Gasteiger partial charge is 0.344 e. The second-order valence-corrected chi connectivity index (χ2v) is 9.18. The zero-order valence-corrected chi connectivity index (χ0v) is 19.5. The highest BCUT2D eigenvalue weighted by atomic mass is 16.2. The fourth-order valence-electron chi connectivity index (χ4n) is 3.53. The van der Waals surface area contributed by atoms with Gasteiger partial charge in [-0.15, -0.1) is 0 Å². The molecule has 0 aliphatic heterocycles. The quantitative estimate of drug-likeness (QED) is 0.421. The van der Waals surface area contributed by atoms with Gasteiger partial charge in [-0.3, -0.25) is 14.6 Å². The summed E-state index contributed by atoms with van der Waals surface area (Å²) in [5.41, 5.74) is 3.76. The van der Waals surface area contributed by atoms with Crippen LogP contribution in [0.15, 0.2) is 79.1 Å². The van der Waals surface area contributed by atoms with E-state index in [1.165, 1.54) is 11.1 Å². The number of amides is 2. The Morgan fingerprint density at radius 3 is 2.18 bits per heavy atom. The van der Waals surface area contributed by atoms with Gasteiger partial charge < -0.3 is 10.6 Å². The summed E-state index contributed by atoms with van der Waals surface area (Å²) in [4.78, 5) is 29.3. The lowest BCUT2D eigenvalue weighted by Crippen LogP contribution is -2.51. The Labute approximate surface area is 196 Å². The first-order valence-electron chi connectivity index (χ1n) is 11.3. The fourth-order valence-corrected chi connectivity index (χ4v) is 3.53. The van der Waals surface area contributed by atoms with Gasteiger partial charge in [-0.1, -0.05) is 75.4 Å². The van der Waals surface area contributed by atoms with Crippen molar-refractivity contribution < 1.29 is 9.59 Å². The highest BCUT2D eigenvalue weighted by Crippen LogP contribution is 2.22. The van der Waals surface area contributed by atoms with Crippen molar-refractivity contribution in [3.05, 3.63) is 91.1 Å². The molecule has 0 aliphatic rings. The van der Waals surface area contributed by atoms with Crippen molar-refractivity contribution in [3.63, 3.8) is 0 Å². The fraction of sp³-hybridized carbons (Fsp3) is 0.286. The Bertz CT molecular complexity index is 1030. The SMILES string of the molecule is CC(C)(C)[C@H](NC(=O)CCC[CH]c1ccc(-c2ccccc2)cc1)C(=O)Nc1ccncc1. The third-order valence-electron chi connectivity index (χ3n) is 5.39. The van der Waals surface area contributed by atoms with E-state index in [2.05, 4.69) is 58.4 Å². The molecule has 2 N–H and O–H groups in total. The second-order valence-electron chi connectivity index (χ2n) is 9.18. The topological polar surface area (TPSA) is 71.1 Å². The van der Waals surface area contributed by atoms with Gasteiger partial charge in [0.15, 0.2) is 0 Å². The predicted molar refractivity (Wildman–Crippen MR) is 133 cm³/mol. The number of hydrogen-bond donors (Lipinski definition) is 2. The van der Waals surface area contributed by atoms with Crippen molar-refractivity contribution in [1.29, 1.82) is 0 Å². The van der Waals surface area contributed by atoms with Gasteiger partial charge >= 0.3 is 0 Å². The highest BCUT2D eigenvalue weighted by molar-refractivity contribution is 5.97. The van der Waals surface area contributed by atoms with Crippen LogP contribution < -0.4 is 10.6 Å². The molecule has 5 nitrogen and oxygen atoms in total. The normalized spacial score (nSPS) is 12.1. The summed E-state index contributed by atoms with van der Waals surface area (Å²) in [6.45, 7) is 5.82. The number of nitrogens with one attached hydrogen (secondary N) is 2. The molecule has 2 aromatic carbocycles. The van der Waals surface area contributed by atoms with Crippen molar-refractivity contribution in [2.75, 3.05) is 5.32 Å². The maximum absolute atomic E-state index is 12.8. The number of unbranched alkanes of at least 4 members (excludes halogenated alkanes) is 1. The lowest BCUT2D eigenvalue weighted by molar-refractivity contribution is -0.128. The molecule has 5 heteroatoms. The van der Waals surface area contributed by atoms with E-state index in [0.717, 1.165) is 18.4 Å². The molecule has 171 valence electrons. The summed E-state index contributed by atoms with van der Waals surface area (Å²) in [5, 5.41) is 5.78. The van der Waals surface area contributed by atoms with Crippen molar-refractivity contribution in [3.8, 4) is 11.1 Å². The number of rotatable bonds is 9. The molecule has 2 amide bonds. The average molecular weight is 443 g/mol. The Hall–Kier alpha value is -3.47. The van der Waals surface area contributed by atoms with Gasteiger partial charge in [0.2, 0.25) is 11.8 Å². The zero-order chi connectivity index (χ0) is 23.7. The van der Waals surface area contributed by atoms with Crippen LogP contribution in [0.25, 0.3) is 11.1 Å². The number of anilines is 1. The summed E-state index contributed by atoms with van der Waals surface area (Å²) >= 11 is 0. The summed E-state index contributed by atoms with van der Waals surface area (Å²) in [7, 11) is 0. The van der Waals surface area contributed by atoms with Crippen LogP contribution in [-0.2, 0) is 9.59 Å². The van der Waals surface area contributed by atoms with E-state index in [-0.39, 0.29) is 11.8 Å². The second kappa shape index (κ2) is 11.4. The smallest absolute Gasteiger partial charge is 0.247 e. The standard InChI is InChI=1S/C28H32N3O2/c1-28(2,3)26(27(33)30-24-17-19-29-20-18-24)31-25(32)12-8-7-9-21-13-15-23(16-14-21)22-10-5-4-6-11-22/h4-6,9-11,13-20,26H,7-8,12H2,1-3H3,(H,31,32)(H,29,30,33)/t26-/m1/s1. The number of nitrogens with zero attached hydrogens (tertiary/aromatic N) is 1. The molecule has 0 fully saturated rings. The molecule has 33 heavy (non-hydrogen) atoms. The Balaban J connectivity index is 1.45. The Morgan fingerprint density at radius 2 is 1.55 bits per heavy atom. The van der Waals surface area contributed by atoms with Crippen molar-refractivity contribution in [2.45, 2.75) is 46.1 Å². The van der Waals surface area contributed by atoms with Gasteiger partial charge in [-0.25, -0.2) is 0 Å². The Morgan fingerprint density at radius 1 is 0.909 bits per heavy atom. The van der Waals surface area contributed by atoms with Crippen LogP contribution in [0.3, 0.4) is 0 Å². The molecule has 3 rings (SSSR count). The minimum Gasteiger partial charge on any atom is -0.344 e. The first-order chi connectivity index (χ1) is 15.8. The van der Waals surface area contributed by atoms with Gasteiger partial charge in [0, 0.05) is 24.5 Å². The molecule has 0 aliphatic carbocycles. The summed E-state index contributed by atoms with van der Waals surface area (Å²) in [5.74, 6) is -0.347. The van der Waals surface area contributed by atoms with E-state index in [1.807, 2.05) is 39.0 Å². The molecule has 0 unspecified atom stereocenters. The molecule has 1 heterocycles. The molecule has 1 aromatic heterocycles. The first kappa shape index (κ1) is 24.2. The monoisotopic (exact) mass is 442 g/mol. The molecule has 0 saturated carbocycles. The molecule has 1 atom stereocenters. The maximum Gasteiger partial charge on any atom is 0.247 e. The molecular formula is C28H32N3O2. The summed E-state index contributed by atoms with van der Waals surface area (Å²) in [6.07, 6.45) is 7.25. The number of carbonyl (C=O) groups excluding carboxylic acids is 2. The minimum atomic E-state index is -0.632. The number of carbonyl (C=O) groups is 2. The van der Waals surface area contributed by atoms with Crippen molar-refractivity contribution >= 4 is 17.5 Å². The van der Waals surface area contributed by atoms with Crippen molar-refractivity contribution in [1.82, 2.24) is 10.3 Å². The summed E-state index contributed by atoms with van der Waals surface area (Å²) < 4.78 is 0. The molecule has 3 aromatic rings.